The van der Waals surface area contributed by atoms with Crippen molar-refractivity contribution < 1.29 is 21.8 Å². The standard InChI is InChI=1S/C28H26ClF4N3O2S/c1-5-9-35-26(20-7-6-8-23(25(20)31)39(4)38)22(30)15-36-17(3)11-21(24(29)28(36)37)16(2)10-18-12-19(27(32)33)14-34-13-18/h5-9,11-16,27H,10H2,1-4H3/b9-5+,22-15-,35-26+. The molecule has 0 aliphatic rings. The Bertz CT molecular complexity index is 1550. The number of benzene rings is 1. The summed E-state index contributed by atoms with van der Waals surface area (Å²) in [6.07, 6.45) is 5.14. The van der Waals surface area contributed by atoms with Crippen molar-refractivity contribution in [2.75, 3.05) is 6.26 Å². The van der Waals surface area contributed by atoms with E-state index in [0.717, 1.165) is 17.0 Å². The smallest absolute Gasteiger partial charge is 0.273 e. The molecule has 5 nitrogen and oxygen atoms in total. The Morgan fingerprint density at radius 3 is 2.62 bits per heavy atom. The SMILES string of the molecule is C/C=C/N=C(/C(F)=C/n1c(C)cc(C(C)Cc2cncc(C(F)F)c2)c(Cl)c1=O)c1cccc(S(C)=O)c1F. The summed E-state index contributed by atoms with van der Waals surface area (Å²) in [6.45, 7) is 5.00. The number of hydrogen-bond donors (Lipinski definition) is 0. The molecular formula is C28H26ClF4N3O2S. The lowest BCUT2D eigenvalue weighted by atomic mass is 9.94. The Kier molecular flexibility index (Phi) is 10.2. The Hall–Kier alpha value is -3.37. The van der Waals surface area contributed by atoms with Gasteiger partial charge in [0.05, 0.1) is 21.9 Å². The Labute approximate surface area is 231 Å². The van der Waals surface area contributed by atoms with Crippen molar-refractivity contribution in [3.05, 3.63) is 110 Å². The van der Waals surface area contributed by atoms with Crippen LogP contribution in [0.15, 0.2) is 75.5 Å². The number of alkyl halides is 2. The highest BCUT2D eigenvalue weighted by molar-refractivity contribution is 7.84. The fourth-order valence-electron chi connectivity index (χ4n) is 3.97. The van der Waals surface area contributed by atoms with Crippen LogP contribution in [0.4, 0.5) is 17.6 Å². The predicted octanol–water partition coefficient (Wildman–Crippen LogP) is 7.16. The van der Waals surface area contributed by atoms with Crippen molar-refractivity contribution in [2.45, 2.75) is 44.4 Å². The van der Waals surface area contributed by atoms with Crippen LogP contribution in [0.2, 0.25) is 5.02 Å². The van der Waals surface area contributed by atoms with Gasteiger partial charge in [0.2, 0.25) is 0 Å². The van der Waals surface area contributed by atoms with E-state index in [4.69, 9.17) is 11.6 Å². The highest BCUT2D eigenvalue weighted by Gasteiger charge is 2.21. The van der Waals surface area contributed by atoms with Crippen LogP contribution in [0.25, 0.3) is 6.20 Å². The molecule has 3 aromatic rings. The van der Waals surface area contributed by atoms with E-state index in [2.05, 4.69) is 9.98 Å². The molecule has 0 aliphatic carbocycles. The molecule has 0 bridgehead atoms. The third-order valence-electron chi connectivity index (χ3n) is 5.89. The van der Waals surface area contributed by atoms with Gasteiger partial charge < -0.3 is 0 Å². The maximum absolute atomic E-state index is 15.6. The minimum Gasteiger partial charge on any atom is -0.284 e. The summed E-state index contributed by atoms with van der Waals surface area (Å²) in [4.78, 5) is 20.9. The monoisotopic (exact) mass is 579 g/mol. The van der Waals surface area contributed by atoms with Crippen molar-refractivity contribution in [1.82, 2.24) is 9.55 Å². The summed E-state index contributed by atoms with van der Waals surface area (Å²) in [5, 5.41) is -0.170. The highest BCUT2D eigenvalue weighted by atomic mass is 35.5. The average Bonchev–Trinajstić information content (AvgIpc) is 2.89. The van der Waals surface area contributed by atoms with Gasteiger partial charge in [-0.2, -0.15) is 0 Å². The van der Waals surface area contributed by atoms with Gasteiger partial charge in [-0.15, -0.1) is 0 Å². The van der Waals surface area contributed by atoms with Crippen LogP contribution in [-0.2, 0) is 17.2 Å². The van der Waals surface area contributed by atoms with Crippen molar-refractivity contribution in [3.8, 4) is 0 Å². The summed E-state index contributed by atoms with van der Waals surface area (Å²) in [6, 6.07) is 7.02. The van der Waals surface area contributed by atoms with Crippen molar-refractivity contribution in [3.63, 3.8) is 0 Å². The quantitative estimate of drug-likeness (QED) is 0.200. The number of aromatic nitrogens is 2. The van der Waals surface area contributed by atoms with Gasteiger partial charge in [-0.3, -0.25) is 23.5 Å². The van der Waals surface area contributed by atoms with Gasteiger partial charge in [0.25, 0.3) is 12.0 Å². The molecule has 2 atom stereocenters. The van der Waals surface area contributed by atoms with E-state index in [9.17, 15) is 17.8 Å². The van der Waals surface area contributed by atoms with E-state index in [1.165, 1.54) is 49.0 Å². The molecule has 2 unspecified atom stereocenters. The fraction of sp³-hybridized carbons (Fsp3) is 0.250. The van der Waals surface area contributed by atoms with E-state index < -0.39 is 40.1 Å². The summed E-state index contributed by atoms with van der Waals surface area (Å²) in [5.74, 6) is -2.26. The second kappa shape index (κ2) is 13.1. The molecule has 206 valence electrons. The van der Waals surface area contributed by atoms with Crippen molar-refractivity contribution in [2.24, 2.45) is 4.99 Å². The Morgan fingerprint density at radius 1 is 1.26 bits per heavy atom. The molecule has 0 fully saturated rings. The zero-order valence-electron chi connectivity index (χ0n) is 21.6. The molecule has 0 amide bonds. The number of pyridine rings is 2. The first-order valence-corrected chi connectivity index (χ1v) is 13.7. The molecule has 0 spiro atoms. The maximum Gasteiger partial charge on any atom is 0.273 e. The minimum atomic E-state index is -2.66. The molecule has 0 aliphatic heterocycles. The second-order valence-electron chi connectivity index (χ2n) is 8.77. The molecule has 0 N–H and O–H groups in total. The van der Waals surface area contributed by atoms with Gasteiger partial charge >= 0.3 is 0 Å². The number of hydrogen-bond acceptors (Lipinski definition) is 4. The van der Waals surface area contributed by atoms with Crippen LogP contribution in [0.5, 0.6) is 0 Å². The Balaban J connectivity index is 2.04. The number of aryl methyl sites for hydroxylation is 1. The number of halogens is 5. The number of aliphatic imine (C=N–C) groups is 1. The van der Waals surface area contributed by atoms with Crippen LogP contribution in [-0.4, -0.2) is 25.7 Å². The van der Waals surface area contributed by atoms with Crippen LogP contribution in [0.3, 0.4) is 0 Å². The first kappa shape index (κ1) is 30.2. The zero-order valence-corrected chi connectivity index (χ0v) is 23.2. The van der Waals surface area contributed by atoms with Gasteiger partial charge in [0.15, 0.2) is 5.83 Å². The lowest BCUT2D eigenvalue weighted by Gasteiger charge is -2.17. The number of rotatable bonds is 9. The molecule has 0 radical (unpaired) electrons. The molecule has 2 heterocycles. The summed E-state index contributed by atoms with van der Waals surface area (Å²) in [7, 11) is -1.66. The third kappa shape index (κ3) is 6.99. The van der Waals surface area contributed by atoms with Gasteiger partial charge in [-0.05, 0) is 61.6 Å². The van der Waals surface area contributed by atoms with E-state index in [1.54, 1.807) is 26.8 Å². The van der Waals surface area contributed by atoms with Crippen LogP contribution in [0, 0.1) is 12.7 Å². The van der Waals surface area contributed by atoms with Gasteiger partial charge in [-0.25, -0.2) is 17.6 Å². The maximum atomic E-state index is 15.6. The third-order valence-corrected chi connectivity index (χ3v) is 7.21. The van der Waals surface area contributed by atoms with Crippen molar-refractivity contribution >= 4 is 34.3 Å². The van der Waals surface area contributed by atoms with Gasteiger partial charge in [0, 0.05) is 41.7 Å². The van der Waals surface area contributed by atoms with Crippen LogP contribution >= 0.6 is 11.6 Å². The van der Waals surface area contributed by atoms with E-state index in [-0.39, 0.29) is 33.4 Å². The molecule has 2 aromatic heterocycles. The van der Waals surface area contributed by atoms with Crippen LogP contribution < -0.4 is 5.56 Å². The van der Waals surface area contributed by atoms with E-state index >= 15 is 8.78 Å². The average molecular weight is 580 g/mol. The number of allylic oxidation sites excluding steroid dienone is 2. The molecule has 39 heavy (non-hydrogen) atoms. The summed E-state index contributed by atoms with van der Waals surface area (Å²) >= 11 is 6.40. The van der Waals surface area contributed by atoms with Crippen molar-refractivity contribution in [1.29, 1.82) is 0 Å². The summed E-state index contributed by atoms with van der Waals surface area (Å²) in [5.41, 5.74) is -0.219. The predicted molar refractivity (Wildman–Crippen MR) is 147 cm³/mol. The molecule has 1 aromatic carbocycles. The topological polar surface area (TPSA) is 64.3 Å². The van der Waals surface area contributed by atoms with Gasteiger partial charge in [0.1, 0.15) is 16.6 Å². The lowest BCUT2D eigenvalue weighted by molar-refractivity contribution is 0.151. The second-order valence-corrected chi connectivity index (χ2v) is 10.5. The molecule has 0 saturated carbocycles. The normalized spacial score (nSPS) is 14.3. The molecule has 0 saturated heterocycles. The van der Waals surface area contributed by atoms with E-state index in [1.807, 2.05) is 0 Å². The molecule has 11 heteroatoms. The minimum absolute atomic E-state index is 0.113. The number of nitrogens with zero attached hydrogens (tertiary/aromatic N) is 3. The molecule has 3 rings (SSSR count). The Morgan fingerprint density at radius 2 is 1.97 bits per heavy atom. The largest absolute Gasteiger partial charge is 0.284 e. The fourth-order valence-corrected chi connectivity index (χ4v) is 4.93. The first-order valence-electron chi connectivity index (χ1n) is 11.8. The lowest BCUT2D eigenvalue weighted by Crippen LogP contribution is -2.22. The van der Waals surface area contributed by atoms with Crippen LogP contribution in [0.1, 0.15) is 54.1 Å². The summed E-state index contributed by atoms with van der Waals surface area (Å²) < 4.78 is 69.7. The first-order chi connectivity index (χ1) is 18.5. The van der Waals surface area contributed by atoms with Gasteiger partial charge in [-0.1, -0.05) is 30.7 Å². The molecular weight excluding hydrogens is 554 g/mol. The zero-order chi connectivity index (χ0) is 28.9. The highest BCUT2D eigenvalue weighted by Crippen LogP contribution is 2.28. The van der Waals surface area contributed by atoms with E-state index in [0.29, 0.717) is 16.8 Å².